The molecule has 0 fully saturated rings. The standard InChI is InChI=1S/C9H13B.K.H/c1-3-8(2)9-6-4-5-7-10-9;;/h4-8H,3H2,1-2H3;;. The maximum absolute atomic E-state index is 2.26. The van der Waals surface area contributed by atoms with Gasteiger partial charge in [-0.25, -0.2) is 0 Å². The number of hydrogen-bond acceptors (Lipinski definition) is 0. The van der Waals surface area contributed by atoms with E-state index in [0.717, 1.165) is 0 Å². The Morgan fingerprint density at radius 1 is 1.45 bits per heavy atom. The van der Waals surface area contributed by atoms with Crippen LogP contribution in [0.3, 0.4) is 0 Å². The van der Waals surface area contributed by atoms with E-state index in [2.05, 4.69) is 44.9 Å². The predicted octanol–water partition coefficient (Wildman–Crippen LogP) is 1.89. The van der Waals surface area contributed by atoms with Crippen molar-refractivity contribution in [1.82, 2.24) is 0 Å². The molecule has 1 heterocycles. The van der Waals surface area contributed by atoms with Gasteiger partial charge in [-0.3, -0.25) is 0 Å². The van der Waals surface area contributed by atoms with Gasteiger partial charge in [0.1, 0.15) is 0 Å². The third-order valence-electron chi connectivity index (χ3n) is 1.98. The van der Waals surface area contributed by atoms with Crippen LogP contribution in [-0.4, -0.2) is 58.3 Å². The van der Waals surface area contributed by atoms with E-state index in [0.29, 0.717) is 5.92 Å². The van der Waals surface area contributed by atoms with Gasteiger partial charge < -0.3 is 0 Å². The van der Waals surface area contributed by atoms with Gasteiger partial charge in [-0.2, -0.15) is 0 Å². The molecule has 54 valence electrons. The van der Waals surface area contributed by atoms with Gasteiger partial charge in [0.05, 0.1) is 0 Å². The summed E-state index contributed by atoms with van der Waals surface area (Å²) in [6.07, 6.45) is 1.23. The second-order valence-electron chi connectivity index (χ2n) is 2.72. The van der Waals surface area contributed by atoms with E-state index in [1.54, 1.807) is 0 Å². The van der Waals surface area contributed by atoms with Crippen molar-refractivity contribution in [2.24, 2.45) is 0 Å². The molecule has 0 amide bonds. The van der Waals surface area contributed by atoms with Crippen LogP contribution >= 0.6 is 0 Å². The van der Waals surface area contributed by atoms with Crippen molar-refractivity contribution in [3.63, 3.8) is 0 Å². The molecule has 2 heteroatoms. The molecule has 0 nitrogen and oxygen atoms in total. The zero-order valence-electron chi connectivity index (χ0n) is 6.67. The molecule has 0 aromatic carbocycles. The summed E-state index contributed by atoms with van der Waals surface area (Å²) in [5, 5.41) is 0. The van der Waals surface area contributed by atoms with Crippen molar-refractivity contribution in [3.8, 4) is 0 Å². The van der Waals surface area contributed by atoms with E-state index in [-0.39, 0.29) is 51.4 Å². The van der Waals surface area contributed by atoms with Gasteiger partial charge in [-0.05, 0) is 0 Å². The Hall–Kier alpha value is 1.05. The van der Waals surface area contributed by atoms with E-state index in [1.807, 2.05) is 0 Å². The van der Waals surface area contributed by atoms with Crippen LogP contribution in [0.1, 0.15) is 31.6 Å². The molecule has 0 saturated heterocycles. The first-order valence-electron chi connectivity index (χ1n) is 3.89. The summed E-state index contributed by atoms with van der Waals surface area (Å²) < 4.78 is 0. The number of rotatable bonds is 2. The molecule has 1 rings (SSSR count). The van der Waals surface area contributed by atoms with Crippen molar-refractivity contribution in [3.05, 3.63) is 29.6 Å². The van der Waals surface area contributed by atoms with Crippen LogP contribution in [-0.2, 0) is 0 Å². The summed E-state index contributed by atoms with van der Waals surface area (Å²) >= 11 is 0. The molecule has 1 atom stereocenters. The van der Waals surface area contributed by atoms with Gasteiger partial charge in [0.2, 0.25) is 0 Å². The summed E-state index contributed by atoms with van der Waals surface area (Å²) in [5.74, 6) is 2.81. The molecule has 1 aromatic rings. The van der Waals surface area contributed by atoms with Crippen molar-refractivity contribution in [2.75, 3.05) is 0 Å². The van der Waals surface area contributed by atoms with Gasteiger partial charge in [0.25, 0.3) is 0 Å². The Morgan fingerprint density at radius 2 is 2.18 bits per heavy atom. The van der Waals surface area contributed by atoms with Crippen molar-refractivity contribution >= 4 is 58.3 Å². The molecule has 11 heavy (non-hydrogen) atoms. The second kappa shape index (κ2) is 6.55. The average Bonchev–Trinajstić information content (AvgIpc) is 2.05. The van der Waals surface area contributed by atoms with Crippen LogP contribution in [0.5, 0.6) is 0 Å². The fraction of sp³-hybridized carbons (Fsp3) is 0.444. The van der Waals surface area contributed by atoms with E-state index in [1.165, 1.54) is 11.9 Å². The van der Waals surface area contributed by atoms with Gasteiger partial charge in [0, 0.05) is 0 Å². The summed E-state index contributed by atoms with van der Waals surface area (Å²) in [5.41, 5.74) is 1.45. The van der Waals surface area contributed by atoms with Gasteiger partial charge >= 0.3 is 114 Å². The van der Waals surface area contributed by atoms with Crippen LogP contribution in [0.15, 0.2) is 24.2 Å². The third kappa shape index (κ3) is 4.00. The quantitative estimate of drug-likeness (QED) is 0.597. The minimum atomic E-state index is 0. The Kier molecular flexibility index (Phi) is 7.18. The molecule has 1 aromatic heterocycles. The van der Waals surface area contributed by atoms with E-state index < -0.39 is 0 Å². The van der Waals surface area contributed by atoms with Crippen LogP contribution in [0.4, 0.5) is 0 Å². The zero-order chi connectivity index (χ0) is 7.40. The Bertz CT molecular complexity index is 186. The topological polar surface area (TPSA) is 0 Å². The summed E-state index contributed by atoms with van der Waals surface area (Å²) in [6, 6.07) is 6.35. The SMILES string of the molecule is CCC(C)c1bcccc1.[KH]. The van der Waals surface area contributed by atoms with Crippen molar-refractivity contribution < 1.29 is 0 Å². The first-order chi connectivity index (χ1) is 4.84. The molecule has 0 bridgehead atoms. The van der Waals surface area contributed by atoms with Crippen LogP contribution in [0.25, 0.3) is 0 Å². The van der Waals surface area contributed by atoms with Gasteiger partial charge in [0.15, 0.2) is 0 Å². The van der Waals surface area contributed by atoms with E-state index in [9.17, 15) is 0 Å². The molecule has 0 aliphatic carbocycles. The second-order valence-corrected chi connectivity index (χ2v) is 2.72. The predicted molar refractivity (Wildman–Crippen MR) is 53.6 cm³/mol. The first-order valence-corrected chi connectivity index (χ1v) is 3.89. The fourth-order valence-corrected chi connectivity index (χ4v) is 1.02. The molecule has 0 N–H and O–H groups in total. The summed E-state index contributed by atoms with van der Waals surface area (Å²) in [7, 11) is 0. The monoisotopic (exact) mass is 172 g/mol. The fourth-order valence-electron chi connectivity index (χ4n) is 1.02. The minimum absolute atomic E-state index is 0. The Morgan fingerprint density at radius 3 is 2.64 bits per heavy atom. The number of hydrogen-bond donors (Lipinski definition) is 0. The van der Waals surface area contributed by atoms with Crippen LogP contribution in [0, 0.1) is 0 Å². The first kappa shape index (κ1) is 12.1. The van der Waals surface area contributed by atoms with E-state index in [4.69, 9.17) is 0 Å². The average molecular weight is 172 g/mol. The van der Waals surface area contributed by atoms with Crippen molar-refractivity contribution in [2.45, 2.75) is 26.2 Å². The normalized spacial score (nSPS) is 11.5. The maximum atomic E-state index is 2.26. The van der Waals surface area contributed by atoms with Crippen LogP contribution < -0.4 is 0 Å². The molecule has 0 aliphatic rings. The summed E-state index contributed by atoms with van der Waals surface area (Å²) in [4.78, 5) is 0. The molecular weight excluding hydrogens is 158 g/mol. The van der Waals surface area contributed by atoms with Gasteiger partial charge in [-0.15, -0.1) is 0 Å². The van der Waals surface area contributed by atoms with E-state index >= 15 is 0 Å². The molecule has 0 aliphatic heterocycles. The van der Waals surface area contributed by atoms with Crippen LogP contribution in [0.2, 0.25) is 0 Å². The Labute approximate surface area is 112 Å². The molecule has 0 spiro atoms. The summed E-state index contributed by atoms with van der Waals surface area (Å²) in [6.45, 7) is 6.67. The Balaban J connectivity index is 0.000001000. The molecule has 0 radical (unpaired) electrons. The molecule has 1 unspecified atom stereocenters. The molecule has 0 saturated carbocycles. The molecular formula is C9H14BK. The zero-order valence-corrected chi connectivity index (χ0v) is 6.67. The van der Waals surface area contributed by atoms with Gasteiger partial charge in [-0.1, -0.05) is 0 Å². The third-order valence-corrected chi connectivity index (χ3v) is 1.98. The van der Waals surface area contributed by atoms with Crippen molar-refractivity contribution in [1.29, 1.82) is 0 Å².